The zero-order valence-corrected chi connectivity index (χ0v) is 11.9. The number of nitrogens with zero attached hydrogens (tertiary/aromatic N) is 2. The standard InChI is InChI=1S/C14H15ClFN3O/c1-14(5-2-6-17-8-14)13-18-12(19-20-13)9-3-4-11(16)10(15)7-9/h3-4,7,17H,2,5-6,8H2,1H3. The smallest absolute Gasteiger partial charge is 0.234 e. The number of hydrogen-bond donors (Lipinski definition) is 1. The lowest BCUT2D eigenvalue weighted by atomic mass is 9.83. The average Bonchev–Trinajstić information content (AvgIpc) is 2.93. The molecular formula is C14H15ClFN3O. The van der Waals surface area contributed by atoms with Crippen molar-refractivity contribution < 1.29 is 8.91 Å². The van der Waals surface area contributed by atoms with Crippen LogP contribution in [-0.2, 0) is 5.41 Å². The van der Waals surface area contributed by atoms with Crippen molar-refractivity contribution in [3.63, 3.8) is 0 Å². The van der Waals surface area contributed by atoms with Gasteiger partial charge in [-0.2, -0.15) is 4.98 Å². The summed E-state index contributed by atoms with van der Waals surface area (Å²) in [5.74, 6) is 0.594. The number of benzene rings is 1. The van der Waals surface area contributed by atoms with Crippen molar-refractivity contribution in [3.8, 4) is 11.4 Å². The molecule has 1 aliphatic rings. The molecule has 0 spiro atoms. The maximum Gasteiger partial charge on any atom is 0.234 e. The Kier molecular flexibility index (Phi) is 3.48. The van der Waals surface area contributed by atoms with Crippen molar-refractivity contribution in [3.05, 3.63) is 34.9 Å². The molecule has 0 aliphatic carbocycles. The van der Waals surface area contributed by atoms with Crippen LogP contribution in [-0.4, -0.2) is 23.2 Å². The van der Waals surface area contributed by atoms with E-state index >= 15 is 0 Å². The zero-order chi connectivity index (χ0) is 14.2. The molecule has 1 aromatic heterocycles. The van der Waals surface area contributed by atoms with Crippen molar-refractivity contribution in [2.75, 3.05) is 13.1 Å². The number of aromatic nitrogens is 2. The van der Waals surface area contributed by atoms with Gasteiger partial charge in [0.2, 0.25) is 11.7 Å². The minimum Gasteiger partial charge on any atom is -0.338 e. The van der Waals surface area contributed by atoms with Crippen LogP contribution < -0.4 is 5.32 Å². The van der Waals surface area contributed by atoms with Gasteiger partial charge in [0, 0.05) is 12.1 Å². The highest BCUT2D eigenvalue weighted by Gasteiger charge is 2.34. The van der Waals surface area contributed by atoms with Gasteiger partial charge in [-0.05, 0) is 44.5 Å². The minimum absolute atomic E-state index is 0.0550. The molecule has 20 heavy (non-hydrogen) atoms. The predicted molar refractivity (Wildman–Crippen MR) is 74.2 cm³/mol. The highest BCUT2D eigenvalue weighted by Crippen LogP contribution is 2.31. The summed E-state index contributed by atoms with van der Waals surface area (Å²) in [4.78, 5) is 4.45. The summed E-state index contributed by atoms with van der Waals surface area (Å²) >= 11 is 5.78. The summed E-state index contributed by atoms with van der Waals surface area (Å²) in [6, 6.07) is 4.40. The molecule has 1 fully saturated rings. The zero-order valence-electron chi connectivity index (χ0n) is 11.1. The van der Waals surface area contributed by atoms with Gasteiger partial charge in [-0.3, -0.25) is 0 Å². The fourth-order valence-corrected chi connectivity index (χ4v) is 2.64. The van der Waals surface area contributed by atoms with Gasteiger partial charge in [-0.15, -0.1) is 0 Å². The first-order chi connectivity index (χ1) is 9.58. The Morgan fingerprint density at radius 2 is 2.30 bits per heavy atom. The maximum atomic E-state index is 13.2. The van der Waals surface area contributed by atoms with E-state index in [1.165, 1.54) is 12.1 Å². The molecule has 3 rings (SSSR count). The summed E-state index contributed by atoms with van der Waals surface area (Å²) in [6.45, 7) is 3.94. The molecule has 0 radical (unpaired) electrons. The molecule has 1 N–H and O–H groups in total. The van der Waals surface area contributed by atoms with Crippen LogP contribution >= 0.6 is 11.6 Å². The Labute approximate surface area is 121 Å². The van der Waals surface area contributed by atoms with Crippen LogP contribution in [0.4, 0.5) is 4.39 Å². The van der Waals surface area contributed by atoms with Crippen LogP contribution in [0, 0.1) is 5.82 Å². The number of nitrogens with one attached hydrogen (secondary N) is 1. The summed E-state index contributed by atoms with van der Waals surface area (Å²) in [5.41, 5.74) is 0.506. The van der Waals surface area contributed by atoms with E-state index in [0.717, 1.165) is 25.9 Å². The highest BCUT2D eigenvalue weighted by molar-refractivity contribution is 6.31. The second-order valence-corrected chi connectivity index (χ2v) is 5.80. The van der Waals surface area contributed by atoms with Gasteiger partial charge in [0.25, 0.3) is 0 Å². The third-order valence-electron chi connectivity index (χ3n) is 3.72. The molecule has 106 valence electrons. The molecule has 2 heterocycles. The van der Waals surface area contributed by atoms with Gasteiger partial charge in [0.05, 0.1) is 10.4 Å². The third-order valence-corrected chi connectivity index (χ3v) is 4.01. The molecule has 2 aromatic rings. The van der Waals surface area contributed by atoms with Crippen LogP contribution in [0.1, 0.15) is 25.7 Å². The SMILES string of the molecule is CC1(c2nc(-c3ccc(F)c(Cl)c3)no2)CCCNC1. The third kappa shape index (κ3) is 2.43. The molecule has 1 aromatic carbocycles. The first kappa shape index (κ1) is 13.5. The summed E-state index contributed by atoms with van der Waals surface area (Å²) in [7, 11) is 0. The lowest BCUT2D eigenvalue weighted by molar-refractivity contribution is 0.245. The van der Waals surface area contributed by atoms with Crippen LogP contribution in [0.15, 0.2) is 22.7 Å². The quantitative estimate of drug-likeness (QED) is 0.924. The number of hydrogen-bond acceptors (Lipinski definition) is 4. The van der Waals surface area contributed by atoms with Crippen LogP contribution in [0.25, 0.3) is 11.4 Å². The molecule has 4 nitrogen and oxygen atoms in total. The summed E-state index contributed by atoms with van der Waals surface area (Å²) < 4.78 is 18.6. The van der Waals surface area contributed by atoms with E-state index < -0.39 is 5.82 Å². The fourth-order valence-electron chi connectivity index (χ4n) is 2.46. The molecule has 1 saturated heterocycles. The van der Waals surface area contributed by atoms with Gasteiger partial charge < -0.3 is 9.84 Å². The molecule has 6 heteroatoms. The summed E-state index contributed by atoms with van der Waals surface area (Å²) in [6.07, 6.45) is 2.09. The Bertz CT molecular complexity index is 623. The first-order valence-electron chi connectivity index (χ1n) is 6.59. The lowest BCUT2D eigenvalue weighted by Crippen LogP contribution is -2.41. The molecule has 1 atom stereocenters. The highest BCUT2D eigenvalue weighted by atomic mass is 35.5. The van der Waals surface area contributed by atoms with Crippen molar-refractivity contribution in [1.82, 2.24) is 15.5 Å². The molecule has 0 amide bonds. The lowest BCUT2D eigenvalue weighted by Gasteiger charge is -2.30. The van der Waals surface area contributed by atoms with Crippen molar-refractivity contribution in [1.29, 1.82) is 0 Å². The number of rotatable bonds is 2. The Morgan fingerprint density at radius 3 is 3.00 bits per heavy atom. The van der Waals surface area contributed by atoms with E-state index in [0.29, 0.717) is 17.3 Å². The van der Waals surface area contributed by atoms with Crippen LogP contribution in [0.2, 0.25) is 5.02 Å². The van der Waals surface area contributed by atoms with E-state index in [-0.39, 0.29) is 10.4 Å². The molecular weight excluding hydrogens is 281 g/mol. The second kappa shape index (κ2) is 5.14. The molecule has 1 unspecified atom stereocenters. The van der Waals surface area contributed by atoms with Crippen molar-refractivity contribution in [2.24, 2.45) is 0 Å². The number of piperidine rings is 1. The normalized spacial score (nSPS) is 22.9. The fraction of sp³-hybridized carbons (Fsp3) is 0.429. The second-order valence-electron chi connectivity index (χ2n) is 5.39. The van der Waals surface area contributed by atoms with Crippen LogP contribution in [0.3, 0.4) is 0 Å². The van der Waals surface area contributed by atoms with Crippen LogP contribution in [0.5, 0.6) is 0 Å². The monoisotopic (exact) mass is 295 g/mol. The number of halogens is 2. The largest absolute Gasteiger partial charge is 0.338 e. The van der Waals surface area contributed by atoms with Crippen molar-refractivity contribution >= 4 is 11.6 Å². The molecule has 0 saturated carbocycles. The topological polar surface area (TPSA) is 51.0 Å². The van der Waals surface area contributed by atoms with E-state index in [1.807, 2.05) is 0 Å². The van der Waals surface area contributed by atoms with Gasteiger partial charge in [-0.25, -0.2) is 4.39 Å². The maximum absolute atomic E-state index is 13.2. The van der Waals surface area contributed by atoms with E-state index in [2.05, 4.69) is 22.4 Å². The minimum atomic E-state index is -0.456. The predicted octanol–water partition coefficient (Wildman–Crippen LogP) is 3.17. The first-order valence-corrected chi connectivity index (χ1v) is 6.97. The van der Waals surface area contributed by atoms with Crippen molar-refractivity contribution in [2.45, 2.75) is 25.2 Å². The van der Waals surface area contributed by atoms with Gasteiger partial charge in [-0.1, -0.05) is 16.8 Å². The summed E-state index contributed by atoms with van der Waals surface area (Å²) in [5, 5.41) is 7.38. The average molecular weight is 296 g/mol. The van der Waals surface area contributed by atoms with Gasteiger partial charge >= 0.3 is 0 Å². The van der Waals surface area contributed by atoms with E-state index in [4.69, 9.17) is 16.1 Å². The van der Waals surface area contributed by atoms with E-state index in [9.17, 15) is 4.39 Å². The van der Waals surface area contributed by atoms with Gasteiger partial charge in [0.1, 0.15) is 5.82 Å². The van der Waals surface area contributed by atoms with Gasteiger partial charge in [0.15, 0.2) is 0 Å². The Morgan fingerprint density at radius 1 is 1.45 bits per heavy atom. The Hall–Kier alpha value is -1.46. The molecule has 1 aliphatic heterocycles. The van der Waals surface area contributed by atoms with E-state index in [1.54, 1.807) is 6.07 Å². The Balaban J connectivity index is 1.91. The molecule has 0 bridgehead atoms.